The number of rotatable bonds is 7. The third-order valence-electron chi connectivity index (χ3n) is 3.08. The van der Waals surface area contributed by atoms with E-state index in [9.17, 15) is 14.9 Å². The molecule has 0 unspecified atom stereocenters. The molecule has 0 aliphatic carbocycles. The van der Waals surface area contributed by atoms with Gasteiger partial charge in [0.15, 0.2) is 0 Å². The highest BCUT2D eigenvalue weighted by Gasteiger charge is 2.24. The summed E-state index contributed by atoms with van der Waals surface area (Å²) >= 11 is 0. The maximum Gasteiger partial charge on any atom is 0.282 e. The summed E-state index contributed by atoms with van der Waals surface area (Å²) in [5.74, 6) is 0.108. The predicted molar refractivity (Wildman–Crippen MR) is 76.1 cm³/mol. The third-order valence-corrected chi connectivity index (χ3v) is 3.08. The molecular weight excluding hydrogens is 260 g/mol. The van der Waals surface area contributed by atoms with Gasteiger partial charge in [-0.25, -0.2) is 0 Å². The Morgan fingerprint density at radius 2 is 2.10 bits per heavy atom. The molecule has 1 aromatic rings. The van der Waals surface area contributed by atoms with Crippen LogP contribution in [0, 0.1) is 10.1 Å². The van der Waals surface area contributed by atoms with E-state index in [2.05, 4.69) is 0 Å². The number of hydrogen-bond donors (Lipinski definition) is 0. The molecule has 0 aliphatic heterocycles. The third kappa shape index (κ3) is 3.69. The fourth-order valence-electron chi connectivity index (χ4n) is 1.90. The van der Waals surface area contributed by atoms with Gasteiger partial charge < -0.3 is 9.64 Å². The number of hydrogen-bond acceptors (Lipinski definition) is 4. The Bertz CT molecular complexity index is 488. The number of ether oxygens (including phenoxy) is 1. The Morgan fingerprint density at radius 1 is 1.40 bits per heavy atom. The highest BCUT2D eigenvalue weighted by molar-refractivity contribution is 5.98. The van der Waals surface area contributed by atoms with E-state index in [-0.39, 0.29) is 17.2 Å². The van der Waals surface area contributed by atoms with Crippen molar-refractivity contribution in [3.63, 3.8) is 0 Å². The second-order valence-electron chi connectivity index (χ2n) is 4.38. The van der Waals surface area contributed by atoms with Gasteiger partial charge in [-0.15, -0.1) is 0 Å². The molecule has 20 heavy (non-hydrogen) atoms. The van der Waals surface area contributed by atoms with Crippen LogP contribution in [-0.4, -0.2) is 35.9 Å². The number of nitrogens with zero attached hydrogens (tertiary/aromatic N) is 2. The van der Waals surface area contributed by atoms with Crippen LogP contribution in [0.4, 0.5) is 5.69 Å². The van der Waals surface area contributed by atoms with Crippen LogP contribution in [0.5, 0.6) is 5.75 Å². The van der Waals surface area contributed by atoms with Crippen LogP contribution in [0.2, 0.25) is 0 Å². The van der Waals surface area contributed by atoms with Gasteiger partial charge in [-0.2, -0.15) is 0 Å². The topological polar surface area (TPSA) is 72.7 Å². The summed E-state index contributed by atoms with van der Waals surface area (Å²) in [6.45, 7) is 5.01. The van der Waals surface area contributed by atoms with Gasteiger partial charge in [-0.1, -0.05) is 13.3 Å². The zero-order chi connectivity index (χ0) is 15.1. The van der Waals surface area contributed by atoms with Crippen molar-refractivity contribution in [1.82, 2.24) is 4.90 Å². The van der Waals surface area contributed by atoms with Crippen LogP contribution in [0.1, 0.15) is 37.0 Å². The number of benzene rings is 1. The number of amides is 1. The molecule has 6 nitrogen and oxygen atoms in total. The lowest BCUT2D eigenvalue weighted by molar-refractivity contribution is -0.385. The van der Waals surface area contributed by atoms with Crippen molar-refractivity contribution in [3.05, 3.63) is 33.9 Å². The van der Waals surface area contributed by atoms with Crippen molar-refractivity contribution in [2.24, 2.45) is 0 Å². The minimum Gasteiger partial charge on any atom is -0.497 e. The molecule has 1 rings (SSSR count). The summed E-state index contributed by atoms with van der Waals surface area (Å²) < 4.78 is 5.04. The van der Waals surface area contributed by atoms with E-state index in [1.807, 2.05) is 13.8 Å². The quantitative estimate of drug-likeness (QED) is 0.568. The van der Waals surface area contributed by atoms with Gasteiger partial charge in [-0.3, -0.25) is 14.9 Å². The van der Waals surface area contributed by atoms with E-state index >= 15 is 0 Å². The first-order valence-corrected chi connectivity index (χ1v) is 6.66. The van der Waals surface area contributed by atoms with Crippen LogP contribution < -0.4 is 4.74 Å². The molecular formula is C14H20N2O4. The monoisotopic (exact) mass is 280 g/mol. The summed E-state index contributed by atoms with van der Waals surface area (Å²) in [5, 5.41) is 11.0. The van der Waals surface area contributed by atoms with Gasteiger partial charge in [0.2, 0.25) is 0 Å². The van der Waals surface area contributed by atoms with E-state index in [1.165, 1.54) is 25.3 Å². The van der Waals surface area contributed by atoms with Gasteiger partial charge >= 0.3 is 0 Å². The predicted octanol–water partition coefficient (Wildman–Crippen LogP) is 2.87. The number of nitro groups is 1. The Morgan fingerprint density at radius 3 is 2.60 bits per heavy atom. The number of methoxy groups -OCH3 is 1. The molecule has 0 aliphatic rings. The molecule has 110 valence electrons. The van der Waals surface area contributed by atoms with E-state index in [0.29, 0.717) is 18.8 Å². The van der Waals surface area contributed by atoms with E-state index < -0.39 is 4.92 Å². The van der Waals surface area contributed by atoms with E-state index in [4.69, 9.17) is 4.74 Å². The second-order valence-corrected chi connectivity index (χ2v) is 4.38. The molecule has 0 aromatic heterocycles. The fraction of sp³-hybridized carbons (Fsp3) is 0.500. The summed E-state index contributed by atoms with van der Waals surface area (Å²) in [5.41, 5.74) is -0.113. The number of carbonyl (C=O) groups excluding carboxylic acids is 1. The average molecular weight is 280 g/mol. The van der Waals surface area contributed by atoms with Gasteiger partial charge in [0, 0.05) is 19.2 Å². The molecule has 0 spiro atoms. The largest absolute Gasteiger partial charge is 0.497 e. The number of carbonyl (C=O) groups is 1. The molecule has 0 heterocycles. The highest BCUT2D eigenvalue weighted by Crippen LogP contribution is 2.25. The first kappa shape index (κ1) is 15.9. The van der Waals surface area contributed by atoms with Crippen LogP contribution in [0.15, 0.2) is 18.2 Å². The first-order valence-electron chi connectivity index (χ1n) is 6.66. The van der Waals surface area contributed by atoms with Gasteiger partial charge in [0.05, 0.1) is 12.0 Å². The number of nitro benzene ring substituents is 1. The second kappa shape index (κ2) is 7.47. The average Bonchev–Trinajstić information content (AvgIpc) is 2.46. The van der Waals surface area contributed by atoms with Crippen molar-refractivity contribution in [2.45, 2.75) is 26.7 Å². The molecule has 0 N–H and O–H groups in total. The Labute approximate surface area is 118 Å². The molecule has 6 heteroatoms. The minimum absolute atomic E-state index is 0.0762. The van der Waals surface area contributed by atoms with Crippen molar-refractivity contribution >= 4 is 11.6 Å². The summed E-state index contributed by atoms with van der Waals surface area (Å²) in [6.07, 6.45) is 1.83. The van der Waals surface area contributed by atoms with Gasteiger partial charge in [0.25, 0.3) is 11.6 Å². The molecule has 0 saturated heterocycles. The maximum atomic E-state index is 12.4. The van der Waals surface area contributed by atoms with Crippen molar-refractivity contribution in [3.8, 4) is 5.75 Å². The zero-order valence-corrected chi connectivity index (χ0v) is 12.1. The molecule has 0 radical (unpaired) electrons. The lowest BCUT2D eigenvalue weighted by Gasteiger charge is -2.20. The Hall–Kier alpha value is -2.11. The first-order chi connectivity index (χ1) is 9.54. The Balaban J connectivity index is 3.13. The van der Waals surface area contributed by atoms with E-state index in [1.54, 1.807) is 4.90 Å². The summed E-state index contributed by atoms with van der Waals surface area (Å²) in [7, 11) is 1.46. The van der Waals surface area contributed by atoms with Crippen molar-refractivity contribution < 1.29 is 14.5 Å². The standard InChI is InChI=1S/C14H20N2O4/c1-4-6-9-15(5-2)14(17)12-10-11(20-3)7-8-13(12)16(18)19/h7-8,10H,4-6,9H2,1-3H3. The SMILES string of the molecule is CCCCN(CC)C(=O)c1cc(OC)ccc1[N+](=O)[O-]. The van der Waals surface area contributed by atoms with Crippen LogP contribution in [-0.2, 0) is 0 Å². The maximum absolute atomic E-state index is 12.4. The molecule has 0 atom stereocenters. The van der Waals surface area contributed by atoms with Crippen molar-refractivity contribution in [2.75, 3.05) is 20.2 Å². The highest BCUT2D eigenvalue weighted by atomic mass is 16.6. The Kier molecular flexibility index (Phi) is 5.96. The summed E-state index contributed by atoms with van der Waals surface area (Å²) in [4.78, 5) is 24.6. The van der Waals surface area contributed by atoms with Gasteiger partial charge in [-0.05, 0) is 25.5 Å². The minimum atomic E-state index is -0.541. The lowest BCUT2D eigenvalue weighted by atomic mass is 10.1. The molecule has 1 aromatic carbocycles. The molecule has 0 fully saturated rings. The molecule has 0 bridgehead atoms. The van der Waals surface area contributed by atoms with Gasteiger partial charge in [0.1, 0.15) is 11.3 Å². The van der Waals surface area contributed by atoms with Crippen LogP contribution >= 0.6 is 0 Å². The van der Waals surface area contributed by atoms with Crippen molar-refractivity contribution in [1.29, 1.82) is 0 Å². The van der Waals surface area contributed by atoms with Crippen LogP contribution in [0.3, 0.4) is 0 Å². The normalized spacial score (nSPS) is 10.2. The fourth-order valence-corrected chi connectivity index (χ4v) is 1.90. The lowest BCUT2D eigenvalue weighted by Crippen LogP contribution is -2.32. The summed E-state index contributed by atoms with van der Waals surface area (Å²) in [6, 6.07) is 4.21. The molecule has 1 amide bonds. The van der Waals surface area contributed by atoms with E-state index in [0.717, 1.165) is 12.8 Å². The smallest absolute Gasteiger partial charge is 0.282 e. The number of unbranched alkanes of at least 4 members (excludes halogenated alkanes) is 1. The molecule has 0 saturated carbocycles. The zero-order valence-electron chi connectivity index (χ0n) is 12.1. The van der Waals surface area contributed by atoms with Crippen LogP contribution in [0.25, 0.3) is 0 Å².